The molecule has 4 N–H and O–H groups in total. The third-order valence-corrected chi connectivity index (χ3v) is 2.86. The van der Waals surface area contributed by atoms with Gasteiger partial charge in [-0.2, -0.15) is 0 Å². The van der Waals surface area contributed by atoms with E-state index in [4.69, 9.17) is 5.73 Å². The summed E-state index contributed by atoms with van der Waals surface area (Å²) >= 11 is 0. The average Bonchev–Trinajstić information content (AvgIpc) is 2.41. The van der Waals surface area contributed by atoms with E-state index in [2.05, 4.69) is 10.3 Å². The molecule has 0 saturated heterocycles. The fraction of sp³-hybridized carbons (Fsp3) is 0.214. The van der Waals surface area contributed by atoms with Gasteiger partial charge in [0, 0.05) is 12.7 Å². The number of hydrogen-bond acceptors (Lipinski definition) is 4. The van der Waals surface area contributed by atoms with Crippen molar-refractivity contribution in [2.24, 2.45) is 0 Å². The second-order valence-electron chi connectivity index (χ2n) is 4.20. The molecule has 0 bridgehead atoms. The van der Waals surface area contributed by atoms with Crippen LogP contribution in [0.5, 0.6) is 0 Å². The Hall–Kier alpha value is -2.07. The van der Waals surface area contributed by atoms with Gasteiger partial charge in [-0.3, -0.25) is 0 Å². The molecule has 0 aliphatic heterocycles. The van der Waals surface area contributed by atoms with Crippen LogP contribution in [-0.2, 0) is 0 Å². The van der Waals surface area contributed by atoms with E-state index in [0.29, 0.717) is 18.1 Å². The number of nitrogens with one attached hydrogen (secondary N) is 1. The minimum absolute atomic E-state index is 0.380. The van der Waals surface area contributed by atoms with Crippen LogP contribution < -0.4 is 11.1 Å². The molecule has 0 saturated carbocycles. The van der Waals surface area contributed by atoms with Crippen molar-refractivity contribution in [2.45, 2.75) is 13.0 Å². The monoisotopic (exact) mass is 243 g/mol. The minimum Gasteiger partial charge on any atom is -0.396 e. The Morgan fingerprint density at radius 1 is 1.28 bits per heavy atom. The standard InChI is InChI=1S/C14H17N3O/c1-10-7-8-16-14(13(10)15)17-9-12(18)11-5-3-2-4-6-11/h2-8,12,18H,9,15H2,1H3,(H,16,17). The molecule has 4 nitrogen and oxygen atoms in total. The Kier molecular flexibility index (Phi) is 3.79. The summed E-state index contributed by atoms with van der Waals surface area (Å²) < 4.78 is 0. The average molecular weight is 243 g/mol. The summed E-state index contributed by atoms with van der Waals surface area (Å²) in [6.45, 7) is 2.31. The lowest BCUT2D eigenvalue weighted by atomic mass is 10.1. The molecule has 0 fully saturated rings. The molecule has 0 amide bonds. The second kappa shape index (κ2) is 5.51. The van der Waals surface area contributed by atoms with E-state index < -0.39 is 6.10 Å². The Labute approximate surface area is 106 Å². The van der Waals surface area contributed by atoms with Crippen LogP contribution in [0.4, 0.5) is 11.5 Å². The summed E-state index contributed by atoms with van der Waals surface area (Å²) in [5.74, 6) is 0.616. The van der Waals surface area contributed by atoms with Gasteiger partial charge in [0.1, 0.15) is 5.82 Å². The van der Waals surface area contributed by atoms with E-state index in [0.717, 1.165) is 11.1 Å². The lowest BCUT2D eigenvalue weighted by molar-refractivity contribution is 0.191. The highest BCUT2D eigenvalue weighted by molar-refractivity contribution is 5.64. The first kappa shape index (κ1) is 12.4. The Balaban J connectivity index is 2.02. The van der Waals surface area contributed by atoms with E-state index >= 15 is 0 Å². The number of anilines is 2. The second-order valence-corrected chi connectivity index (χ2v) is 4.20. The smallest absolute Gasteiger partial charge is 0.149 e. The first-order valence-electron chi connectivity index (χ1n) is 5.86. The minimum atomic E-state index is -0.576. The molecule has 1 heterocycles. The van der Waals surface area contributed by atoms with Gasteiger partial charge in [0.05, 0.1) is 11.8 Å². The number of rotatable bonds is 4. The topological polar surface area (TPSA) is 71.2 Å². The van der Waals surface area contributed by atoms with Crippen molar-refractivity contribution in [1.29, 1.82) is 0 Å². The molecule has 0 aliphatic carbocycles. The van der Waals surface area contributed by atoms with Gasteiger partial charge in [0.2, 0.25) is 0 Å². The zero-order valence-corrected chi connectivity index (χ0v) is 10.3. The van der Waals surface area contributed by atoms with Crippen LogP contribution in [0.25, 0.3) is 0 Å². The van der Waals surface area contributed by atoms with Crippen LogP contribution in [0.1, 0.15) is 17.2 Å². The third-order valence-electron chi connectivity index (χ3n) is 2.86. The van der Waals surface area contributed by atoms with Gasteiger partial charge in [-0.05, 0) is 24.1 Å². The lowest BCUT2D eigenvalue weighted by Crippen LogP contribution is -2.14. The maximum atomic E-state index is 10.0. The fourth-order valence-corrected chi connectivity index (χ4v) is 1.70. The highest BCUT2D eigenvalue weighted by Crippen LogP contribution is 2.20. The molecule has 0 radical (unpaired) electrons. The van der Waals surface area contributed by atoms with Gasteiger partial charge in [-0.25, -0.2) is 4.98 Å². The maximum absolute atomic E-state index is 10.0. The number of nitrogens with zero attached hydrogens (tertiary/aromatic N) is 1. The maximum Gasteiger partial charge on any atom is 0.149 e. The molecule has 2 rings (SSSR count). The Morgan fingerprint density at radius 3 is 2.72 bits per heavy atom. The number of aliphatic hydroxyl groups excluding tert-OH is 1. The molecule has 1 aromatic heterocycles. The fourth-order valence-electron chi connectivity index (χ4n) is 1.70. The molecule has 2 aromatic rings. The molecule has 18 heavy (non-hydrogen) atoms. The summed E-state index contributed by atoms with van der Waals surface area (Å²) in [6, 6.07) is 11.4. The van der Waals surface area contributed by atoms with Crippen LogP contribution in [0.15, 0.2) is 42.6 Å². The van der Waals surface area contributed by atoms with Crippen LogP contribution in [0.3, 0.4) is 0 Å². The summed E-state index contributed by atoms with van der Waals surface area (Å²) in [6.07, 6.45) is 1.12. The molecule has 1 unspecified atom stereocenters. The number of aryl methyl sites for hydroxylation is 1. The SMILES string of the molecule is Cc1ccnc(NCC(O)c2ccccc2)c1N. The highest BCUT2D eigenvalue weighted by Gasteiger charge is 2.08. The van der Waals surface area contributed by atoms with Crippen molar-refractivity contribution in [3.63, 3.8) is 0 Å². The van der Waals surface area contributed by atoms with Gasteiger partial charge in [-0.1, -0.05) is 30.3 Å². The Bertz CT molecular complexity index is 514. The number of pyridine rings is 1. The van der Waals surface area contributed by atoms with Crippen LogP contribution >= 0.6 is 0 Å². The highest BCUT2D eigenvalue weighted by atomic mass is 16.3. The van der Waals surface area contributed by atoms with E-state index in [9.17, 15) is 5.11 Å². The number of nitrogen functional groups attached to an aromatic ring is 1. The van der Waals surface area contributed by atoms with Crippen molar-refractivity contribution in [2.75, 3.05) is 17.6 Å². The largest absolute Gasteiger partial charge is 0.396 e. The van der Waals surface area contributed by atoms with Gasteiger partial charge in [-0.15, -0.1) is 0 Å². The van der Waals surface area contributed by atoms with Crippen molar-refractivity contribution >= 4 is 11.5 Å². The summed E-state index contributed by atoms with van der Waals surface area (Å²) in [5, 5.41) is 13.1. The van der Waals surface area contributed by atoms with E-state index in [1.165, 1.54) is 0 Å². The molecule has 1 atom stereocenters. The first-order valence-corrected chi connectivity index (χ1v) is 5.86. The zero-order chi connectivity index (χ0) is 13.0. The predicted octanol–water partition coefficient (Wildman–Crippen LogP) is 2.12. The number of hydrogen-bond donors (Lipinski definition) is 3. The van der Waals surface area contributed by atoms with Gasteiger partial charge < -0.3 is 16.2 Å². The van der Waals surface area contributed by atoms with Gasteiger partial charge in [0.25, 0.3) is 0 Å². The lowest BCUT2D eigenvalue weighted by Gasteiger charge is -2.14. The first-order chi connectivity index (χ1) is 8.68. The Morgan fingerprint density at radius 2 is 2.00 bits per heavy atom. The molecular weight excluding hydrogens is 226 g/mol. The number of benzene rings is 1. The normalized spacial score (nSPS) is 12.1. The van der Waals surface area contributed by atoms with E-state index in [1.807, 2.05) is 43.3 Å². The molecular formula is C14H17N3O. The van der Waals surface area contributed by atoms with Crippen molar-refractivity contribution in [3.8, 4) is 0 Å². The molecule has 4 heteroatoms. The summed E-state index contributed by atoms with van der Waals surface area (Å²) in [4.78, 5) is 4.16. The van der Waals surface area contributed by atoms with Crippen LogP contribution in [0.2, 0.25) is 0 Å². The quantitative estimate of drug-likeness (QED) is 0.769. The van der Waals surface area contributed by atoms with E-state index in [-0.39, 0.29) is 0 Å². The number of aliphatic hydroxyl groups is 1. The number of aromatic nitrogens is 1. The third kappa shape index (κ3) is 2.78. The zero-order valence-electron chi connectivity index (χ0n) is 10.3. The molecule has 0 aliphatic rings. The molecule has 94 valence electrons. The molecule has 0 spiro atoms. The number of nitrogens with two attached hydrogens (primary N) is 1. The molecule has 1 aromatic carbocycles. The summed E-state index contributed by atoms with van der Waals surface area (Å²) in [5.41, 5.74) is 8.37. The van der Waals surface area contributed by atoms with Crippen molar-refractivity contribution < 1.29 is 5.11 Å². The van der Waals surface area contributed by atoms with Crippen molar-refractivity contribution in [3.05, 3.63) is 53.7 Å². The summed E-state index contributed by atoms with van der Waals surface area (Å²) in [7, 11) is 0. The van der Waals surface area contributed by atoms with E-state index in [1.54, 1.807) is 6.20 Å². The van der Waals surface area contributed by atoms with Crippen LogP contribution in [-0.4, -0.2) is 16.6 Å². The van der Waals surface area contributed by atoms with Gasteiger partial charge in [0.15, 0.2) is 0 Å². The van der Waals surface area contributed by atoms with Gasteiger partial charge >= 0.3 is 0 Å². The van der Waals surface area contributed by atoms with Crippen LogP contribution in [0, 0.1) is 6.92 Å². The predicted molar refractivity (Wildman–Crippen MR) is 73.3 cm³/mol. The van der Waals surface area contributed by atoms with Crippen molar-refractivity contribution in [1.82, 2.24) is 4.98 Å².